The molecule has 0 spiro atoms. The Kier molecular flexibility index (Phi) is 5.25. The largest absolute Gasteiger partial charge is 0.339 e. The number of hydrogen-bond acceptors (Lipinski definition) is 3. The highest BCUT2D eigenvalue weighted by atomic mass is 35.5. The van der Waals surface area contributed by atoms with Gasteiger partial charge in [0.05, 0.1) is 5.56 Å². The summed E-state index contributed by atoms with van der Waals surface area (Å²) in [7, 11) is 1.99. The van der Waals surface area contributed by atoms with Gasteiger partial charge in [-0.15, -0.1) is 12.4 Å². The van der Waals surface area contributed by atoms with E-state index < -0.39 is 0 Å². The molecule has 0 aliphatic carbocycles. The van der Waals surface area contributed by atoms with Crippen LogP contribution >= 0.6 is 23.7 Å². The van der Waals surface area contributed by atoms with Crippen molar-refractivity contribution in [1.82, 2.24) is 10.2 Å². The van der Waals surface area contributed by atoms with Gasteiger partial charge in [-0.2, -0.15) is 11.3 Å². The van der Waals surface area contributed by atoms with Gasteiger partial charge in [-0.25, -0.2) is 0 Å². The van der Waals surface area contributed by atoms with E-state index >= 15 is 0 Å². The van der Waals surface area contributed by atoms with Crippen LogP contribution in [0.5, 0.6) is 0 Å². The smallest absolute Gasteiger partial charge is 0.254 e. The molecule has 0 atom stereocenters. The van der Waals surface area contributed by atoms with Gasteiger partial charge in [-0.1, -0.05) is 0 Å². The van der Waals surface area contributed by atoms with E-state index in [9.17, 15) is 4.79 Å². The average molecular weight is 261 g/mol. The van der Waals surface area contributed by atoms with E-state index in [2.05, 4.69) is 5.32 Å². The molecule has 1 aromatic rings. The van der Waals surface area contributed by atoms with Crippen molar-refractivity contribution in [3.63, 3.8) is 0 Å². The molecule has 1 fully saturated rings. The molecular weight excluding hydrogens is 244 g/mol. The number of rotatable bonds is 2. The number of nitrogens with one attached hydrogen (secondary N) is 1. The minimum Gasteiger partial charge on any atom is -0.339 e. The molecule has 0 bridgehead atoms. The Balaban J connectivity index is 0.00000128. The molecule has 2 heterocycles. The van der Waals surface area contributed by atoms with Crippen LogP contribution in [0.15, 0.2) is 16.8 Å². The van der Waals surface area contributed by atoms with Crippen LogP contribution in [0.2, 0.25) is 0 Å². The summed E-state index contributed by atoms with van der Waals surface area (Å²) in [5, 5.41) is 7.14. The van der Waals surface area contributed by atoms with E-state index in [1.165, 1.54) is 0 Å². The van der Waals surface area contributed by atoms with Crippen molar-refractivity contribution in [1.29, 1.82) is 0 Å². The lowest BCUT2D eigenvalue weighted by atomic mass is 10.0. The van der Waals surface area contributed by atoms with Crippen LogP contribution in [0.4, 0.5) is 0 Å². The highest BCUT2D eigenvalue weighted by molar-refractivity contribution is 7.08. The monoisotopic (exact) mass is 260 g/mol. The standard InChI is InChI=1S/C11H16N2OS.ClH/c1-12-10-2-5-13(6-3-10)11(14)9-4-7-15-8-9;/h4,7-8,10,12H,2-3,5-6H2,1H3;1H. The maximum absolute atomic E-state index is 12.0. The first-order chi connectivity index (χ1) is 7.31. The zero-order valence-corrected chi connectivity index (χ0v) is 10.9. The molecule has 0 radical (unpaired) electrons. The quantitative estimate of drug-likeness (QED) is 0.882. The number of carbonyl (C=O) groups excluding carboxylic acids is 1. The lowest BCUT2D eigenvalue weighted by Crippen LogP contribution is -2.43. The van der Waals surface area contributed by atoms with Crippen molar-refractivity contribution < 1.29 is 4.79 Å². The van der Waals surface area contributed by atoms with Gasteiger partial charge < -0.3 is 10.2 Å². The molecule has 0 unspecified atom stereocenters. The summed E-state index contributed by atoms with van der Waals surface area (Å²) in [5.74, 6) is 0.186. The van der Waals surface area contributed by atoms with Gasteiger partial charge in [0.2, 0.25) is 0 Å². The number of hydrogen-bond donors (Lipinski definition) is 1. The molecule has 2 rings (SSSR count). The van der Waals surface area contributed by atoms with E-state index in [1.54, 1.807) is 11.3 Å². The first-order valence-electron chi connectivity index (χ1n) is 5.30. The molecule has 1 saturated heterocycles. The Morgan fingerprint density at radius 2 is 2.19 bits per heavy atom. The van der Waals surface area contributed by atoms with Crippen LogP contribution in [0, 0.1) is 0 Å². The van der Waals surface area contributed by atoms with Crippen molar-refractivity contribution in [2.45, 2.75) is 18.9 Å². The summed E-state index contributed by atoms with van der Waals surface area (Å²) in [6, 6.07) is 2.48. The highest BCUT2D eigenvalue weighted by Gasteiger charge is 2.22. The van der Waals surface area contributed by atoms with Gasteiger partial charge in [0, 0.05) is 24.5 Å². The van der Waals surface area contributed by atoms with E-state index in [-0.39, 0.29) is 18.3 Å². The zero-order valence-electron chi connectivity index (χ0n) is 9.31. The zero-order chi connectivity index (χ0) is 10.7. The Morgan fingerprint density at radius 3 is 2.69 bits per heavy atom. The molecule has 3 nitrogen and oxygen atoms in total. The fraction of sp³-hybridized carbons (Fsp3) is 0.545. The fourth-order valence-corrected chi connectivity index (χ4v) is 2.57. The van der Waals surface area contributed by atoms with Crippen molar-refractivity contribution in [3.8, 4) is 0 Å². The second kappa shape index (κ2) is 6.23. The first kappa shape index (κ1) is 13.5. The second-order valence-electron chi connectivity index (χ2n) is 3.87. The topological polar surface area (TPSA) is 32.3 Å². The number of nitrogens with zero attached hydrogens (tertiary/aromatic N) is 1. The minimum atomic E-state index is 0. The van der Waals surface area contributed by atoms with E-state index in [0.717, 1.165) is 31.5 Å². The molecule has 5 heteroatoms. The Morgan fingerprint density at radius 1 is 1.50 bits per heavy atom. The van der Waals surface area contributed by atoms with Crippen molar-refractivity contribution in [3.05, 3.63) is 22.4 Å². The molecule has 0 saturated carbocycles. The van der Waals surface area contributed by atoms with E-state index in [0.29, 0.717) is 6.04 Å². The summed E-state index contributed by atoms with van der Waals surface area (Å²) in [4.78, 5) is 13.9. The summed E-state index contributed by atoms with van der Waals surface area (Å²) in [5.41, 5.74) is 0.836. The van der Waals surface area contributed by atoms with Crippen LogP contribution in [-0.2, 0) is 0 Å². The molecule has 16 heavy (non-hydrogen) atoms. The van der Waals surface area contributed by atoms with E-state index in [1.807, 2.05) is 28.8 Å². The molecule has 1 aliphatic heterocycles. The number of likely N-dealkylation sites (tertiary alicyclic amines) is 1. The van der Waals surface area contributed by atoms with Gasteiger partial charge in [0.25, 0.3) is 5.91 Å². The highest BCUT2D eigenvalue weighted by Crippen LogP contribution is 2.15. The third kappa shape index (κ3) is 2.97. The molecule has 1 amide bonds. The third-order valence-corrected chi connectivity index (χ3v) is 3.64. The molecule has 90 valence electrons. The predicted octanol–water partition coefficient (Wildman–Crippen LogP) is 1.99. The molecule has 0 aromatic carbocycles. The number of halogens is 1. The molecular formula is C11H17ClN2OS. The summed E-state index contributed by atoms with van der Waals surface area (Å²) >= 11 is 1.58. The number of piperidine rings is 1. The van der Waals surface area contributed by atoms with Gasteiger partial charge in [-0.05, 0) is 31.3 Å². The minimum absolute atomic E-state index is 0. The van der Waals surface area contributed by atoms with E-state index in [4.69, 9.17) is 0 Å². The van der Waals surface area contributed by atoms with Gasteiger partial charge in [0.1, 0.15) is 0 Å². The fourth-order valence-electron chi connectivity index (χ4n) is 1.94. The molecule has 1 aliphatic rings. The molecule has 1 N–H and O–H groups in total. The van der Waals surface area contributed by atoms with Crippen LogP contribution in [0.3, 0.4) is 0 Å². The van der Waals surface area contributed by atoms with Crippen molar-refractivity contribution in [2.75, 3.05) is 20.1 Å². The van der Waals surface area contributed by atoms with Crippen LogP contribution in [0.25, 0.3) is 0 Å². The number of carbonyl (C=O) groups is 1. The normalized spacial score (nSPS) is 16.9. The average Bonchev–Trinajstić information content (AvgIpc) is 2.82. The lowest BCUT2D eigenvalue weighted by Gasteiger charge is -2.31. The lowest BCUT2D eigenvalue weighted by molar-refractivity contribution is 0.0708. The second-order valence-corrected chi connectivity index (χ2v) is 4.65. The SMILES string of the molecule is CNC1CCN(C(=O)c2ccsc2)CC1.Cl. The van der Waals surface area contributed by atoms with Gasteiger partial charge in [-0.3, -0.25) is 4.79 Å². The van der Waals surface area contributed by atoms with Crippen molar-refractivity contribution >= 4 is 29.7 Å². The van der Waals surface area contributed by atoms with Crippen LogP contribution in [-0.4, -0.2) is 37.0 Å². The maximum atomic E-state index is 12.0. The first-order valence-corrected chi connectivity index (χ1v) is 6.24. The summed E-state index contributed by atoms with van der Waals surface area (Å²) in [6.07, 6.45) is 2.12. The Bertz CT molecular complexity index is 321. The predicted molar refractivity (Wildman–Crippen MR) is 69.6 cm³/mol. The van der Waals surface area contributed by atoms with Crippen LogP contribution < -0.4 is 5.32 Å². The number of thiophene rings is 1. The third-order valence-electron chi connectivity index (χ3n) is 2.96. The summed E-state index contributed by atoms with van der Waals surface area (Å²) in [6.45, 7) is 1.75. The molecule has 1 aromatic heterocycles. The Labute approximate surface area is 106 Å². The number of amides is 1. The van der Waals surface area contributed by atoms with Crippen LogP contribution in [0.1, 0.15) is 23.2 Å². The maximum Gasteiger partial charge on any atom is 0.254 e. The van der Waals surface area contributed by atoms with Gasteiger partial charge >= 0.3 is 0 Å². The Hall–Kier alpha value is -0.580. The van der Waals surface area contributed by atoms with Crippen molar-refractivity contribution in [2.24, 2.45) is 0 Å². The summed E-state index contributed by atoms with van der Waals surface area (Å²) < 4.78 is 0. The van der Waals surface area contributed by atoms with Gasteiger partial charge in [0.15, 0.2) is 0 Å².